The van der Waals surface area contributed by atoms with Crippen LogP contribution in [-0.2, 0) is 20.8 Å². The van der Waals surface area contributed by atoms with Gasteiger partial charge in [0.15, 0.2) is 0 Å². The van der Waals surface area contributed by atoms with Crippen LogP contribution >= 0.6 is 0 Å². The van der Waals surface area contributed by atoms with E-state index < -0.39 is 5.60 Å². The van der Waals surface area contributed by atoms with E-state index in [1.807, 2.05) is 39.8 Å². The molecule has 2 aromatic carbocycles. The average Bonchev–Trinajstić information content (AvgIpc) is 3.23. The van der Waals surface area contributed by atoms with Gasteiger partial charge >= 0.3 is 5.97 Å². The largest absolute Gasteiger partial charge is 0.478 e. The molecule has 1 fully saturated rings. The molecule has 37 heavy (non-hydrogen) atoms. The number of carbonyl (C=O) groups excluding carboxylic acids is 1. The number of hydrogen-bond donors (Lipinski definition) is 0. The minimum Gasteiger partial charge on any atom is -0.478 e. The van der Waals surface area contributed by atoms with E-state index in [1.54, 1.807) is 0 Å². The number of aromatic nitrogens is 2. The van der Waals surface area contributed by atoms with Crippen LogP contribution < -0.4 is 4.74 Å². The van der Waals surface area contributed by atoms with Gasteiger partial charge in [0.1, 0.15) is 17.9 Å². The quantitative estimate of drug-likeness (QED) is 0.285. The molecule has 6 heteroatoms. The summed E-state index contributed by atoms with van der Waals surface area (Å²) in [5.41, 5.74) is 3.73. The number of ether oxygens (including phenoxy) is 3. The molecule has 0 spiro atoms. The van der Waals surface area contributed by atoms with Gasteiger partial charge in [-0.1, -0.05) is 60.7 Å². The van der Waals surface area contributed by atoms with Crippen molar-refractivity contribution in [2.24, 2.45) is 11.8 Å². The van der Waals surface area contributed by atoms with Crippen LogP contribution in [0.1, 0.15) is 53.4 Å². The van der Waals surface area contributed by atoms with Crippen LogP contribution in [0, 0.1) is 11.8 Å². The summed E-state index contributed by atoms with van der Waals surface area (Å²) < 4.78 is 19.3. The first-order valence-electron chi connectivity index (χ1n) is 13.5. The number of rotatable bonds is 10. The Bertz CT molecular complexity index is 1130. The first-order valence-corrected chi connectivity index (χ1v) is 13.5. The molecule has 6 nitrogen and oxygen atoms in total. The Hall–Kier alpha value is -3.12. The molecular formula is C31H40N2O4. The van der Waals surface area contributed by atoms with Gasteiger partial charge in [0, 0.05) is 12.1 Å². The number of nitrogens with zero attached hydrogens (tertiary/aromatic N) is 2. The average molecular weight is 505 g/mol. The molecule has 0 radical (unpaired) electrons. The predicted molar refractivity (Wildman–Crippen MR) is 146 cm³/mol. The monoisotopic (exact) mass is 504 g/mol. The van der Waals surface area contributed by atoms with E-state index in [0.717, 1.165) is 60.5 Å². The maximum Gasteiger partial charge on any atom is 0.332 e. The van der Waals surface area contributed by atoms with Crippen molar-refractivity contribution >= 4 is 5.97 Å². The molecule has 0 N–H and O–H groups in total. The highest BCUT2D eigenvalue weighted by Gasteiger charge is 2.27. The van der Waals surface area contributed by atoms with Gasteiger partial charge in [-0.3, -0.25) is 0 Å². The van der Waals surface area contributed by atoms with Gasteiger partial charge in [0.2, 0.25) is 5.88 Å². The lowest BCUT2D eigenvalue weighted by molar-refractivity contribution is -0.160. The third kappa shape index (κ3) is 7.45. The molecule has 1 saturated carbocycles. The summed E-state index contributed by atoms with van der Waals surface area (Å²) in [7, 11) is 0. The second kappa shape index (κ2) is 12.4. The Morgan fingerprint density at radius 2 is 1.51 bits per heavy atom. The third-order valence-corrected chi connectivity index (χ3v) is 6.69. The van der Waals surface area contributed by atoms with E-state index >= 15 is 0 Å². The van der Waals surface area contributed by atoms with E-state index in [1.165, 1.54) is 0 Å². The SMILES string of the molecule is CCOc1c(-c2ccccc2)c(-c2ccccc2)nn1CC1CCC(COCC(=O)OC(C)(C)C)CC1. The minimum absolute atomic E-state index is 0.0206. The van der Waals surface area contributed by atoms with Crippen LogP contribution in [0.15, 0.2) is 60.7 Å². The third-order valence-electron chi connectivity index (χ3n) is 6.69. The Balaban J connectivity index is 1.43. The maximum atomic E-state index is 11.9. The van der Waals surface area contributed by atoms with Crippen molar-refractivity contribution in [3.8, 4) is 28.3 Å². The minimum atomic E-state index is -0.480. The smallest absolute Gasteiger partial charge is 0.332 e. The standard InChI is InChI=1S/C31H40N2O4/c1-5-36-30-28(25-12-8-6-9-13-25)29(26-14-10-7-11-15-26)32-33(30)20-23-16-18-24(19-17-23)21-35-22-27(34)37-31(2,3)4/h6-15,23-24H,5,16-22H2,1-4H3. The van der Waals surface area contributed by atoms with E-state index in [-0.39, 0.29) is 12.6 Å². The number of carbonyl (C=O) groups is 1. The molecule has 1 aliphatic rings. The summed E-state index contributed by atoms with van der Waals surface area (Å²) in [6.45, 7) is 9.67. The molecule has 1 heterocycles. The van der Waals surface area contributed by atoms with Crippen molar-refractivity contribution < 1.29 is 19.0 Å². The van der Waals surface area contributed by atoms with Gasteiger partial charge in [-0.2, -0.15) is 5.10 Å². The lowest BCUT2D eigenvalue weighted by atomic mass is 9.82. The van der Waals surface area contributed by atoms with E-state index in [9.17, 15) is 4.79 Å². The summed E-state index contributed by atoms with van der Waals surface area (Å²) in [5.74, 6) is 1.54. The molecule has 4 rings (SSSR count). The van der Waals surface area contributed by atoms with Crippen LogP contribution in [0.2, 0.25) is 0 Å². The van der Waals surface area contributed by atoms with Gasteiger partial charge < -0.3 is 14.2 Å². The molecule has 0 amide bonds. The number of hydrogen-bond acceptors (Lipinski definition) is 5. The van der Waals surface area contributed by atoms with Gasteiger partial charge in [-0.25, -0.2) is 9.48 Å². The van der Waals surface area contributed by atoms with Gasteiger partial charge in [-0.15, -0.1) is 0 Å². The topological polar surface area (TPSA) is 62.6 Å². The molecular weight excluding hydrogens is 464 g/mol. The highest BCUT2D eigenvalue weighted by Crippen LogP contribution is 2.40. The molecule has 198 valence electrons. The van der Waals surface area contributed by atoms with Crippen molar-refractivity contribution in [2.45, 2.75) is 65.5 Å². The Labute approximate surface area is 220 Å². The van der Waals surface area contributed by atoms with Crippen molar-refractivity contribution in [1.82, 2.24) is 9.78 Å². The highest BCUT2D eigenvalue weighted by atomic mass is 16.6. The molecule has 0 saturated heterocycles. The normalized spacial score (nSPS) is 17.9. The first-order chi connectivity index (χ1) is 17.8. The second-order valence-electron chi connectivity index (χ2n) is 10.9. The first kappa shape index (κ1) is 26.9. The van der Waals surface area contributed by atoms with Crippen molar-refractivity contribution in [3.05, 3.63) is 60.7 Å². The fraction of sp³-hybridized carbons (Fsp3) is 0.484. The Morgan fingerprint density at radius 1 is 0.919 bits per heavy atom. The number of esters is 1. The highest BCUT2D eigenvalue weighted by molar-refractivity contribution is 5.84. The lowest BCUT2D eigenvalue weighted by Crippen LogP contribution is -2.28. The van der Waals surface area contributed by atoms with Crippen molar-refractivity contribution in [3.63, 3.8) is 0 Å². The maximum absolute atomic E-state index is 11.9. The summed E-state index contributed by atoms with van der Waals surface area (Å²) >= 11 is 0. The van der Waals surface area contributed by atoms with Crippen LogP contribution in [0.25, 0.3) is 22.4 Å². The van der Waals surface area contributed by atoms with Crippen molar-refractivity contribution in [2.75, 3.05) is 19.8 Å². The van der Waals surface area contributed by atoms with Gasteiger partial charge in [0.25, 0.3) is 0 Å². The van der Waals surface area contributed by atoms with Crippen LogP contribution in [-0.4, -0.2) is 41.2 Å². The van der Waals surface area contributed by atoms with E-state index in [2.05, 4.69) is 53.2 Å². The number of benzene rings is 2. The Kier molecular flexibility index (Phi) is 9.04. The molecule has 0 bridgehead atoms. The van der Waals surface area contributed by atoms with Crippen molar-refractivity contribution in [1.29, 1.82) is 0 Å². The lowest BCUT2D eigenvalue weighted by Gasteiger charge is -2.28. The molecule has 0 unspecified atom stereocenters. The molecule has 0 atom stereocenters. The van der Waals surface area contributed by atoms with E-state index in [0.29, 0.717) is 25.0 Å². The Morgan fingerprint density at radius 3 is 2.11 bits per heavy atom. The zero-order valence-corrected chi connectivity index (χ0v) is 22.6. The zero-order chi connectivity index (χ0) is 26.3. The molecule has 0 aliphatic heterocycles. The predicted octanol–water partition coefficient (Wildman–Crippen LogP) is 6.78. The molecule has 3 aromatic rings. The van der Waals surface area contributed by atoms with Crippen LogP contribution in [0.3, 0.4) is 0 Å². The molecule has 1 aromatic heterocycles. The fourth-order valence-corrected chi connectivity index (χ4v) is 5.02. The zero-order valence-electron chi connectivity index (χ0n) is 22.6. The van der Waals surface area contributed by atoms with Gasteiger partial charge in [-0.05, 0) is 70.8 Å². The van der Waals surface area contributed by atoms with E-state index in [4.69, 9.17) is 19.3 Å². The second-order valence-corrected chi connectivity index (χ2v) is 10.9. The fourth-order valence-electron chi connectivity index (χ4n) is 5.02. The van der Waals surface area contributed by atoms with Crippen LogP contribution in [0.4, 0.5) is 0 Å². The molecule has 1 aliphatic carbocycles. The van der Waals surface area contributed by atoms with Crippen LogP contribution in [0.5, 0.6) is 5.88 Å². The summed E-state index contributed by atoms with van der Waals surface area (Å²) in [4.78, 5) is 11.9. The summed E-state index contributed by atoms with van der Waals surface area (Å²) in [6.07, 6.45) is 4.38. The summed E-state index contributed by atoms with van der Waals surface area (Å²) in [5, 5.41) is 5.10. The van der Waals surface area contributed by atoms with Gasteiger partial charge in [0.05, 0.1) is 18.8 Å². The summed E-state index contributed by atoms with van der Waals surface area (Å²) in [6, 6.07) is 20.7.